The number of hydrogen-bond donors (Lipinski definition) is 2. The second kappa shape index (κ2) is 7.77. The highest BCUT2D eigenvalue weighted by Gasteiger charge is 2.17. The highest BCUT2D eigenvalue weighted by molar-refractivity contribution is 7.90. The minimum atomic E-state index is -3.47. The third-order valence-corrected chi connectivity index (χ3v) is 5.92. The molecule has 9 heteroatoms. The molecule has 8 nitrogen and oxygen atoms in total. The molecule has 0 aliphatic carbocycles. The molecule has 0 saturated carbocycles. The van der Waals surface area contributed by atoms with E-state index in [0.717, 1.165) is 11.8 Å². The van der Waals surface area contributed by atoms with Crippen molar-refractivity contribution >= 4 is 38.2 Å². The summed E-state index contributed by atoms with van der Waals surface area (Å²) in [5.41, 5.74) is 10.2. The first kappa shape index (κ1) is 20.4. The predicted molar refractivity (Wildman–Crippen MR) is 119 cm³/mol. The largest absolute Gasteiger partial charge is 0.366 e. The van der Waals surface area contributed by atoms with Crippen molar-refractivity contribution < 1.29 is 13.2 Å². The lowest BCUT2D eigenvalue weighted by atomic mass is 9.95. The number of carbonyl (C=O) groups is 1. The molecule has 0 saturated heterocycles. The standard InChI is InChI=1S/C22H19N5O3S/c1-13-3-4-15(22(23)28)16(9-13)17-10-14(11-18-21(17)26-8-7-25-18)27-19-12-24-6-5-20(19)31(2,29)30/h3-12,27H,1-2H3,(H2,23,28). The summed E-state index contributed by atoms with van der Waals surface area (Å²) in [6.07, 6.45) is 7.13. The first-order valence-electron chi connectivity index (χ1n) is 9.31. The molecule has 4 rings (SSSR count). The zero-order valence-corrected chi connectivity index (χ0v) is 17.6. The summed E-state index contributed by atoms with van der Waals surface area (Å²) < 4.78 is 24.3. The van der Waals surface area contributed by atoms with Gasteiger partial charge in [-0.3, -0.25) is 19.7 Å². The Labute approximate surface area is 179 Å². The van der Waals surface area contributed by atoms with Crippen LogP contribution in [-0.2, 0) is 9.84 Å². The molecule has 0 atom stereocenters. The first-order valence-corrected chi connectivity index (χ1v) is 11.2. The quantitative estimate of drug-likeness (QED) is 0.494. The Kier molecular flexibility index (Phi) is 5.12. The van der Waals surface area contributed by atoms with Crippen molar-refractivity contribution in [3.63, 3.8) is 0 Å². The van der Waals surface area contributed by atoms with E-state index in [1.54, 1.807) is 30.6 Å². The maximum absolute atomic E-state index is 12.2. The smallest absolute Gasteiger partial charge is 0.249 e. The molecule has 2 aromatic heterocycles. The number of fused-ring (bicyclic) bond motifs is 1. The van der Waals surface area contributed by atoms with Crippen LogP contribution in [0.2, 0.25) is 0 Å². The highest BCUT2D eigenvalue weighted by Crippen LogP contribution is 2.34. The molecule has 31 heavy (non-hydrogen) atoms. The molecule has 0 unspecified atom stereocenters. The van der Waals surface area contributed by atoms with E-state index in [0.29, 0.717) is 39.1 Å². The number of carbonyl (C=O) groups excluding carboxylic acids is 1. The van der Waals surface area contributed by atoms with Crippen molar-refractivity contribution in [2.75, 3.05) is 11.6 Å². The Hall–Kier alpha value is -3.85. The van der Waals surface area contributed by atoms with Gasteiger partial charge in [0.15, 0.2) is 9.84 Å². The van der Waals surface area contributed by atoms with E-state index in [-0.39, 0.29) is 4.90 Å². The van der Waals surface area contributed by atoms with Crippen molar-refractivity contribution in [3.8, 4) is 11.1 Å². The fourth-order valence-electron chi connectivity index (χ4n) is 3.40. The van der Waals surface area contributed by atoms with Gasteiger partial charge in [-0.15, -0.1) is 0 Å². The Balaban J connectivity index is 1.95. The zero-order valence-electron chi connectivity index (χ0n) is 16.8. The van der Waals surface area contributed by atoms with E-state index >= 15 is 0 Å². The van der Waals surface area contributed by atoms with Crippen LogP contribution in [0, 0.1) is 6.92 Å². The van der Waals surface area contributed by atoms with E-state index in [2.05, 4.69) is 20.3 Å². The van der Waals surface area contributed by atoms with Gasteiger partial charge < -0.3 is 11.1 Å². The number of primary amides is 1. The summed E-state index contributed by atoms with van der Waals surface area (Å²) in [6.45, 7) is 1.91. The molecule has 0 bridgehead atoms. The predicted octanol–water partition coefficient (Wildman–Crippen LogP) is 3.25. The van der Waals surface area contributed by atoms with Crippen molar-refractivity contribution in [1.29, 1.82) is 0 Å². The minimum absolute atomic E-state index is 0.122. The van der Waals surface area contributed by atoms with Gasteiger partial charge in [0.2, 0.25) is 5.91 Å². The number of hydrogen-bond acceptors (Lipinski definition) is 7. The van der Waals surface area contributed by atoms with Gasteiger partial charge in [-0.2, -0.15) is 0 Å². The monoisotopic (exact) mass is 433 g/mol. The molecule has 0 aliphatic rings. The molecule has 0 radical (unpaired) electrons. The summed E-state index contributed by atoms with van der Waals surface area (Å²) in [5, 5.41) is 3.12. The molecule has 0 aliphatic heterocycles. The Bertz CT molecular complexity index is 1430. The van der Waals surface area contributed by atoms with Gasteiger partial charge in [0.1, 0.15) is 0 Å². The third kappa shape index (κ3) is 4.08. The number of sulfone groups is 1. The van der Waals surface area contributed by atoms with E-state index in [1.165, 1.54) is 18.5 Å². The van der Waals surface area contributed by atoms with Crippen LogP contribution in [-0.4, -0.2) is 35.5 Å². The molecule has 3 N–H and O–H groups in total. The van der Waals surface area contributed by atoms with Crippen molar-refractivity contribution in [2.45, 2.75) is 11.8 Å². The lowest BCUT2D eigenvalue weighted by Crippen LogP contribution is -2.12. The van der Waals surface area contributed by atoms with Crippen LogP contribution in [0.15, 0.2) is 66.1 Å². The first-order chi connectivity index (χ1) is 14.7. The second-order valence-corrected chi connectivity index (χ2v) is 9.11. The number of nitrogens with one attached hydrogen (secondary N) is 1. The van der Waals surface area contributed by atoms with E-state index in [4.69, 9.17) is 5.73 Å². The SMILES string of the molecule is Cc1ccc(C(N)=O)c(-c2cc(Nc3cnccc3S(C)(=O)=O)cc3nccnc23)c1. The number of pyridine rings is 1. The van der Waals surface area contributed by atoms with Gasteiger partial charge in [0.25, 0.3) is 0 Å². The van der Waals surface area contributed by atoms with Crippen molar-refractivity contribution in [1.82, 2.24) is 15.0 Å². The maximum atomic E-state index is 12.2. The number of nitrogens with two attached hydrogens (primary N) is 1. The summed E-state index contributed by atoms with van der Waals surface area (Å²) in [6, 6.07) is 10.3. The molecular weight excluding hydrogens is 414 g/mol. The van der Waals surface area contributed by atoms with Crippen LogP contribution in [0.5, 0.6) is 0 Å². The van der Waals surface area contributed by atoms with Crippen LogP contribution < -0.4 is 11.1 Å². The second-order valence-electron chi connectivity index (χ2n) is 7.13. The third-order valence-electron chi connectivity index (χ3n) is 4.76. The Morgan fingerprint density at radius 3 is 2.52 bits per heavy atom. The molecular formula is C22H19N5O3S. The summed E-state index contributed by atoms with van der Waals surface area (Å²) in [4.78, 5) is 25.0. The summed E-state index contributed by atoms with van der Waals surface area (Å²) in [5.74, 6) is -0.558. The summed E-state index contributed by atoms with van der Waals surface area (Å²) in [7, 11) is -3.47. The fourth-order valence-corrected chi connectivity index (χ4v) is 4.21. The van der Waals surface area contributed by atoms with E-state index in [9.17, 15) is 13.2 Å². The van der Waals surface area contributed by atoms with E-state index in [1.807, 2.05) is 19.1 Å². The van der Waals surface area contributed by atoms with Crippen LogP contribution in [0.3, 0.4) is 0 Å². The number of anilines is 2. The molecule has 0 spiro atoms. The average molecular weight is 433 g/mol. The lowest BCUT2D eigenvalue weighted by molar-refractivity contribution is 0.100. The van der Waals surface area contributed by atoms with Crippen LogP contribution in [0.1, 0.15) is 15.9 Å². The summed E-state index contributed by atoms with van der Waals surface area (Å²) >= 11 is 0. The zero-order chi connectivity index (χ0) is 22.2. The normalized spacial score (nSPS) is 11.4. The maximum Gasteiger partial charge on any atom is 0.249 e. The van der Waals surface area contributed by atoms with Crippen LogP contribution in [0.4, 0.5) is 11.4 Å². The average Bonchev–Trinajstić information content (AvgIpc) is 2.72. The molecule has 2 aromatic carbocycles. The van der Waals surface area contributed by atoms with Gasteiger partial charge in [-0.1, -0.05) is 17.7 Å². The number of amides is 1. The molecule has 2 heterocycles. The Morgan fingerprint density at radius 2 is 1.77 bits per heavy atom. The van der Waals surface area contributed by atoms with Gasteiger partial charge >= 0.3 is 0 Å². The fraction of sp³-hybridized carbons (Fsp3) is 0.0909. The van der Waals surface area contributed by atoms with Gasteiger partial charge in [0, 0.05) is 41.7 Å². The molecule has 1 amide bonds. The van der Waals surface area contributed by atoms with Gasteiger partial charge in [-0.05, 0) is 36.8 Å². The number of nitrogens with zero attached hydrogens (tertiary/aromatic N) is 3. The van der Waals surface area contributed by atoms with Crippen molar-refractivity contribution in [3.05, 3.63) is 72.3 Å². The number of rotatable bonds is 5. The van der Waals surface area contributed by atoms with Crippen LogP contribution in [0.25, 0.3) is 22.2 Å². The number of aromatic nitrogens is 3. The van der Waals surface area contributed by atoms with E-state index < -0.39 is 15.7 Å². The minimum Gasteiger partial charge on any atom is -0.366 e. The lowest BCUT2D eigenvalue weighted by Gasteiger charge is -2.15. The molecule has 4 aromatic rings. The Morgan fingerprint density at radius 1 is 1.00 bits per heavy atom. The number of aryl methyl sites for hydroxylation is 1. The van der Waals surface area contributed by atoms with Gasteiger partial charge in [0.05, 0.1) is 27.8 Å². The van der Waals surface area contributed by atoms with Crippen molar-refractivity contribution in [2.24, 2.45) is 5.73 Å². The molecule has 156 valence electrons. The van der Waals surface area contributed by atoms with Gasteiger partial charge in [-0.25, -0.2) is 8.42 Å². The topological polar surface area (TPSA) is 128 Å². The molecule has 0 fully saturated rings. The number of benzene rings is 2. The van der Waals surface area contributed by atoms with Crippen LogP contribution >= 0.6 is 0 Å². The highest BCUT2D eigenvalue weighted by atomic mass is 32.2.